The second kappa shape index (κ2) is 4.36. The minimum absolute atomic E-state index is 0.100. The zero-order valence-corrected chi connectivity index (χ0v) is 9.19. The third-order valence-corrected chi connectivity index (χ3v) is 2.47. The van der Waals surface area contributed by atoms with Crippen molar-refractivity contribution in [3.05, 3.63) is 28.3 Å². The number of benzene rings is 1. The fourth-order valence-electron chi connectivity index (χ4n) is 1.34. The van der Waals surface area contributed by atoms with E-state index in [9.17, 15) is 4.79 Å². The standard InChI is InChI=1S/C11H6ClNO4/c12-8-3-10-9(16-5-17-10)2-6(8)1-7(4-13)11(14)15/h1-3H,5H2,(H,14,15)/b7-1+. The van der Waals surface area contributed by atoms with Crippen LogP contribution in [0.3, 0.4) is 0 Å². The predicted octanol–water partition coefficient (Wildman–Crippen LogP) is 2.06. The monoisotopic (exact) mass is 251 g/mol. The summed E-state index contributed by atoms with van der Waals surface area (Å²) < 4.78 is 10.2. The Hall–Kier alpha value is -2.19. The lowest BCUT2D eigenvalue weighted by molar-refractivity contribution is -0.132. The number of nitrogens with zero attached hydrogens (tertiary/aromatic N) is 1. The average molecular weight is 252 g/mol. The van der Waals surface area contributed by atoms with E-state index in [2.05, 4.69) is 0 Å². The molecule has 0 bridgehead atoms. The van der Waals surface area contributed by atoms with Crippen LogP contribution in [0.25, 0.3) is 6.08 Å². The molecule has 1 N–H and O–H groups in total. The molecule has 0 aliphatic carbocycles. The number of fused-ring (bicyclic) bond motifs is 1. The van der Waals surface area contributed by atoms with Gasteiger partial charge in [-0.2, -0.15) is 5.26 Å². The van der Waals surface area contributed by atoms with Crippen LogP contribution in [0.15, 0.2) is 17.7 Å². The van der Waals surface area contributed by atoms with E-state index in [-0.39, 0.29) is 6.79 Å². The molecule has 0 aromatic heterocycles. The van der Waals surface area contributed by atoms with Gasteiger partial charge in [0.15, 0.2) is 11.5 Å². The predicted molar refractivity (Wildman–Crippen MR) is 58.8 cm³/mol. The molecule has 0 spiro atoms. The molecule has 2 rings (SSSR count). The summed E-state index contributed by atoms with van der Waals surface area (Å²) in [6, 6.07) is 4.63. The van der Waals surface area contributed by atoms with E-state index >= 15 is 0 Å². The molecule has 0 radical (unpaired) electrons. The molecular weight excluding hydrogens is 246 g/mol. The zero-order valence-electron chi connectivity index (χ0n) is 8.44. The Morgan fingerprint density at radius 1 is 1.47 bits per heavy atom. The number of ether oxygens (including phenoxy) is 2. The molecule has 6 heteroatoms. The van der Waals surface area contributed by atoms with Crippen LogP contribution in [0.5, 0.6) is 11.5 Å². The fraction of sp³-hybridized carbons (Fsp3) is 0.0909. The first-order chi connectivity index (χ1) is 8.11. The number of carboxylic acid groups (broad SMARTS) is 1. The third-order valence-electron chi connectivity index (χ3n) is 2.14. The quantitative estimate of drug-likeness (QED) is 0.643. The molecule has 0 amide bonds. The lowest BCUT2D eigenvalue weighted by atomic mass is 10.1. The molecule has 0 saturated carbocycles. The van der Waals surface area contributed by atoms with E-state index in [0.717, 1.165) is 0 Å². The lowest BCUT2D eigenvalue weighted by Crippen LogP contribution is -1.97. The molecule has 0 atom stereocenters. The Morgan fingerprint density at radius 3 is 2.71 bits per heavy atom. The summed E-state index contributed by atoms with van der Waals surface area (Å²) in [6.45, 7) is 0.100. The zero-order chi connectivity index (χ0) is 12.4. The second-order valence-corrected chi connectivity index (χ2v) is 3.61. The highest BCUT2D eigenvalue weighted by molar-refractivity contribution is 6.32. The van der Waals surface area contributed by atoms with Gasteiger partial charge in [-0.15, -0.1) is 0 Å². The summed E-state index contributed by atoms with van der Waals surface area (Å²) in [5.41, 5.74) is 0.000585. The van der Waals surface area contributed by atoms with Crippen molar-refractivity contribution in [3.8, 4) is 17.6 Å². The van der Waals surface area contributed by atoms with Crippen molar-refractivity contribution in [1.82, 2.24) is 0 Å². The van der Waals surface area contributed by atoms with Gasteiger partial charge in [0.25, 0.3) is 0 Å². The maximum Gasteiger partial charge on any atom is 0.346 e. The summed E-state index contributed by atoms with van der Waals surface area (Å²) in [7, 11) is 0. The maximum absolute atomic E-state index is 10.7. The minimum Gasteiger partial charge on any atom is -0.477 e. The molecule has 5 nitrogen and oxygen atoms in total. The van der Waals surface area contributed by atoms with Gasteiger partial charge in [-0.1, -0.05) is 11.6 Å². The van der Waals surface area contributed by atoms with Crippen molar-refractivity contribution < 1.29 is 19.4 Å². The normalized spacial score (nSPS) is 13.3. The number of aliphatic carboxylic acids is 1. The molecular formula is C11H6ClNO4. The summed E-state index contributed by atoms with van der Waals surface area (Å²) in [5, 5.41) is 17.7. The fourth-order valence-corrected chi connectivity index (χ4v) is 1.55. The van der Waals surface area contributed by atoms with Gasteiger partial charge in [-0.25, -0.2) is 4.79 Å². The maximum atomic E-state index is 10.7. The second-order valence-electron chi connectivity index (χ2n) is 3.20. The van der Waals surface area contributed by atoms with Gasteiger partial charge >= 0.3 is 5.97 Å². The summed E-state index contributed by atoms with van der Waals surface area (Å²) >= 11 is 5.93. The van der Waals surface area contributed by atoms with Crippen molar-refractivity contribution >= 4 is 23.6 Å². The Labute approximate surface area is 101 Å². The van der Waals surface area contributed by atoms with Gasteiger partial charge in [0, 0.05) is 6.07 Å². The molecule has 86 valence electrons. The molecule has 0 unspecified atom stereocenters. The molecule has 0 fully saturated rings. The van der Waals surface area contributed by atoms with Gasteiger partial charge in [-0.3, -0.25) is 0 Å². The third kappa shape index (κ3) is 2.17. The first kappa shape index (κ1) is 11.3. The number of nitriles is 1. The largest absolute Gasteiger partial charge is 0.477 e. The van der Waals surface area contributed by atoms with Crippen LogP contribution in [0.1, 0.15) is 5.56 Å². The first-order valence-corrected chi connectivity index (χ1v) is 4.94. The van der Waals surface area contributed by atoms with E-state index in [4.69, 9.17) is 31.4 Å². The molecule has 1 aliphatic heterocycles. The van der Waals surface area contributed by atoms with Crippen molar-refractivity contribution in [2.45, 2.75) is 0 Å². The van der Waals surface area contributed by atoms with Crippen LogP contribution >= 0.6 is 11.6 Å². The molecule has 17 heavy (non-hydrogen) atoms. The van der Waals surface area contributed by atoms with E-state index in [1.165, 1.54) is 18.2 Å². The smallest absolute Gasteiger partial charge is 0.346 e. The summed E-state index contributed by atoms with van der Waals surface area (Å²) in [6.07, 6.45) is 1.19. The van der Waals surface area contributed by atoms with Crippen molar-refractivity contribution in [2.24, 2.45) is 0 Å². The summed E-state index contributed by atoms with van der Waals surface area (Å²) in [4.78, 5) is 10.7. The van der Waals surface area contributed by atoms with Crippen LogP contribution in [0.2, 0.25) is 5.02 Å². The SMILES string of the molecule is N#C/C(=C\c1cc2c(cc1Cl)OCO2)C(=O)O. The van der Waals surface area contributed by atoms with Crippen LogP contribution in [0, 0.1) is 11.3 Å². The van der Waals surface area contributed by atoms with Gasteiger partial charge in [0.05, 0.1) is 5.02 Å². The van der Waals surface area contributed by atoms with Crippen molar-refractivity contribution in [2.75, 3.05) is 6.79 Å². The van der Waals surface area contributed by atoms with E-state index in [1.807, 2.05) is 0 Å². The van der Waals surface area contributed by atoms with Crippen molar-refractivity contribution in [1.29, 1.82) is 5.26 Å². The molecule has 0 saturated heterocycles. The molecule has 1 heterocycles. The highest BCUT2D eigenvalue weighted by atomic mass is 35.5. The molecule has 1 aliphatic rings. The van der Waals surface area contributed by atoms with Gasteiger partial charge in [-0.05, 0) is 17.7 Å². The van der Waals surface area contributed by atoms with Crippen LogP contribution < -0.4 is 9.47 Å². The Kier molecular flexibility index (Phi) is 2.90. The highest BCUT2D eigenvalue weighted by Gasteiger charge is 2.16. The Balaban J connectivity index is 2.47. The lowest BCUT2D eigenvalue weighted by Gasteiger charge is -2.01. The van der Waals surface area contributed by atoms with Crippen LogP contribution in [-0.4, -0.2) is 17.9 Å². The number of carbonyl (C=O) groups is 1. The highest BCUT2D eigenvalue weighted by Crippen LogP contribution is 2.37. The van der Waals surface area contributed by atoms with Gasteiger partial charge in [0.2, 0.25) is 6.79 Å². The number of carboxylic acids is 1. The minimum atomic E-state index is -1.30. The average Bonchev–Trinajstić information content (AvgIpc) is 2.72. The topological polar surface area (TPSA) is 79.5 Å². The number of halogens is 1. The number of rotatable bonds is 2. The Bertz CT molecular complexity index is 559. The molecule has 1 aromatic carbocycles. The van der Waals surface area contributed by atoms with E-state index < -0.39 is 11.5 Å². The van der Waals surface area contributed by atoms with E-state index in [0.29, 0.717) is 22.1 Å². The number of hydrogen-bond acceptors (Lipinski definition) is 4. The summed E-state index contributed by atoms with van der Waals surface area (Å²) in [5.74, 6) is -0.328. The number of hydrogen-bond donors (Lipinski definition) is 1. The molecule has 1 aromatic rings. The van der Waals surface area contributed by atoms with Gasteiger partial charge in [0.1, 0.15) is 11.6 Å². The van der Waals surface area contributed by atoms with Crippen molar-refractivity contribution in [3.63, 3.8) is 0 Å². The van der Waals surface area contributed by atoms with E-state index in [1.54, 1.807) is 6.07 Å². The van der Waals surface area contributed by atoms with Crippen LogP contribution in [0.4, 0.5) is 0 Å². The van der Waals surface area contributed by atoms with Gasteiger partial charge < -0.3 is 14.6 Å². The van der Waals surface area contributed by atoms with Crippen LogP contribution in [-0.2, 0) is 4.79 Å². The Morgan fingerprint density at radius 2 is 2.12 bits per heavy atom. The first-order valence-electron chi connectivity index (χ1n) is 4.56.